The van der Waals surface area contributed by atoms with Crippen LogP contribution in [0.2, 0.25) is 0 Å². The number of H-pyrrole nitrogens is 1. The summed E-state index contributed by atoms with van der Waals surface area (Å²) in [6.45, 7) is 0. The fourth-order valence-corrected chi connectivity index (χ4v) is 2.43. The average molecular weight is 366 g/mol. The van der Waals surface area contributed by atoms with Crippen LogP contribution in [0.15, 0.2) is 53.8 Å². The number of aromatic amines is 1. The Bertz CT molecular complexity index is 964. The van der Waals surface area contributed by atoms with Crippen molar-refractivity contribution in [3.63, 3.8) is 0 Å². The maximum absolute atomic E-state index is 12.2. The van der Waals surface area contributed by atoms with Crippen molar-refractivity contribution in [2.75, 3.05) is 14.2 Å². The van der Waals surface area contributed by atoms with Crippen molar-refractivity contribution in [2.24, 2.45) is 5.10 Å². The number of carbonyl (C=O) groups excluding carboxylic acids is 1. The van der Waals surface area contributed by atoms with Gasteiger partial charge in [-0.1, -0.05) is 0 Å². The molecule has 3 rings (SSSR count). The van der Waals surface area contributed by atoms with Gasteiger partial charge in [-0.3, -0.25) is 9.89 Å². The Kier molecular flexibility index (Phi) is 5.36. The summed E-state index contributed by atoms with van der Waals surface area (Å²) in [6.07, 6.45) is 3.11. The molecule has 3 aromatic rings. The minimum absolute atomic E-state index is 0.0416. The molecule has 0 aliphatic heterocycles. The molecular weight excluding hydrogens is 348 g/mol. The van der Waals surface area contributed by atoms with E-state index in [1.54, 1.807) is 13.3 Å². The third kappa shape index (κ3) is 4.06. The highest BCUT2D eigenvalue weighted by molar-refractivity contribution is 5.96. The van der Waals surface area contributed by atoms with Crippen LogP contribution in [0.5, 0.6) is 17.2 Å². The summed E-state index contributed by atoms with van der Waals surface area (Å²) in [4.78, 5) is 12.2. The molecule has 8 nitrogen and oxygen atoms in total. The molecule has 0 spiro atoms. The molecule has 0 saturated heterocycles. The maximum atomic E-state index is 12.2. The van der Waals surface area contributed by atoms with Gasteiger partial charge >= 0.3 is 0 Å². The molecule has 0 aliphatic rings. The van der Waals surface area contributed by atoms with Gasteiger partial charge in [-0.2, -0.15) is 10.2 Å². The fourth-order valence-electron chi connectivity index (χ4n) is 2.43. The number of hydrogen-bond acceptors (Lipinski definition) is 6. The van der Waals surface area contributed by atoms with Crippen LogP contribution in [-0.4, -0.2) is 41.6 Å². The number of nitrogens with one attached hydrogen (secondary N) is 2. The lowest BCUT2D eigenvalue weighted by atomic mass is 10.1. The van der Waals surface area contributed by atoms with Gasteiger partial charge in [-0.15, -0.1) is 0 Å². The van der Waals surface area contributed by atoms with Crippen molar-refractivity contribution in [2.45, 2.75) is 0 Å². The number of benzene rings is 2. The molecule has 8 heteroatoms. The summed E-state index contributed by atoms with van der Waals surface area (Å²) < 4.78 is 10.1. The van der Waals surface area contributed by atoms with E-state index in [-0.39, 0.29) is 11.5 Å². The van der Waals surface area contributed by atoms with E-state index in [1.165, 1.54) is 31.5 Å². The first-order valence-corrected chi connectivity index (χ1v) is 8.00. The SMILES string of the molecule is COc1ccc(-c2[nH]ncc2/C=N\NC(=O)c2ccc(O)c(OC)c2)cc1. The van der Waals surface area contributed by atoms with Crippen molar-refractivity contribution in [1.82, 2.24) is 15.6 Å². The molecule has 1 amide bonds. The monoisotopic (exact) mass is 366 g/mol. The quantitative estimate of drug-likeness (QED) is 0.459. The van der Waals surface area contributed by atoms with Crippen LogP contribution in [-0.2, 0) is 0 Å². The fraction of sp³-hybridized carbons (Fsp3) is 0.105. The number of carbonyl (C=O) groups is 1. The molecular formula is C19H18N4O4. The number of phenols is 1. The summed E-state index contributed by atoms with van der Waals surface area (Å²) in [5, 5.41) is 20.5. The van der Waals surface area contributed by atoms with Crippen LogP contribution < -0.4 is 14.9 Å². The van der Waals surface area contributed by atoms with E-state index in [4.69, 9.17) is 9.47 Å². The topological polar surface area (TPSA) is 109 Å². The van der Waals surface area contributed by atoms with Crippen LogP contribution in [0.3, 0.4) is 0 Å². The highest BCUT2D eigenvalue weighted by atomic mass is 16.5. The number of amides is 1. The average Bonchev–Trinajstić information content (AvgIpc) is 3.16. The number of nitrogens with zero attached hydrogens (tertiary/aromatic N) is 2. The smallest absolute Gasteiger partial charge is 0.271 e. The first-order valence-electron chi connectivity index (χ1n) is 8.00. The van der Waals surface area contributed by atoms with E-state index in [9.17, 15) is 9.90 Å². The number of hydrazone groups is 1. The van der Waals surface area contributed by atoms with Crippen LogP contribution in [0.1, 0.15) is 15.9 Å². The Morgan fingerprint density at radius 2 is 1.96 bits per heavy atom. The molecule has 1 aromatic heterocycles. The molecule has 0 aliphatic carbocycles. The van der Waals surface area contributed by atoms with E-state index < -0.39 is 5.91 Å². The Hall–Kier alpha value is -3.81. The third-order valence-corrected chi connectivity index (χ3v) is 3.86. The lowest BCUT2D eigenvalue weighted by molar-refractivity contribution is 0.0954. The second-order valence-electron chi connectivity index (χ2n) is 5.51. The van der Waals surface area contributed by atoms with Gasteiger partial charge in [0.25, 0.3) is 5.91 Å². The van der Waals surface area contributed by atoms with Gasteiger partial charge in [0.2, 0.25) is 0 Å². The lowest BCUT2D eigenvalue weighted by Gasteiger charge is -2.05. The Labute approximate surface area is 155 Å². The number of methoxy groups -OCH3 is 2. The number of rotatable bonds is 6. The van der Waals surface area contributed by atoms with Crippen molar-refractivity contribution < 1.29 is 19.4 Å². The first kappa shape index (κ1) is 18.0. The minimum atomic E-state index is -0.431. The van der Waals surface area contributed by atoms with Gasteiger partial charge in [0.15, 0.2) is 11.5 Å². The zero-order valence-corrected chi connectivity index (χ0v) is 14.8. The normalized spacial score (nSPS) is 10.7. The second kappa shape index (κ2) is 8.05. The minimum Gasteiger partial charge on any atom is -0.504 e. The Morgan fingerprint density at radius 1 is 1.19 bits per heavy atom. The first-order chi connectivity index (χ1) is 13.1. The molecule has 27 heavy (non-hydrogen) atoms. The van der Waals surface area contributed by atoms with Gasteiger partial charge < -0.3 is 14.6 Å². The van der Waals surface area contributed by atoms with E-state index in [2.05, 4.69) is 20.7 Å². The Balaban J connectivity index is 1.72. The van der Waals surface area contributed by atoms with Gasteiger partial charge in [0.1, 0.15) is 5.75 Å². The van der Waals surface area contributed by atoms with Crippen molar-refractivity contribution >= 4 is 12.1 Å². The number of hydrogen-bond donors (Lipinski definition) is 3. The van der Waals surface area contributed by atoms with Crippen LogP contribution in [0.4, 0.5) is 0 Å². The molecule has 138 valence electrons. The van der Waals surface area contributed by atoms with Crippen LogP contribution in [0, 0.1) is 0 Å². The summed E-state index contributed by atoms with van der Waals surface area (Å²) in [5.74, 6) is 0.493. The highest BCUT2D eigenvalue weighted by Crippen LogP contribution is 2.26. The number of ether oxygens (including phenoxy) is 2. The lowest BCUT2D eigenvalue weighted by Crippen LogP contribution is -2.17. The van der Waals surface area contributed by atoms with Crippen molar-refractivity contribution in [3.05, 3.63) is 59.8 Å². The second-order valence-corrected chi connectivity index (χ2v) is 5.51. The maximum Gasteiger partial charge on any atom is 0.271 e. The van der Waals surface area contributed by atoms with Gasteiger partial charge in [-0.25, -0.2) is 5.43 Å². The zero-order valence-electron chi connectivity index (χ0n) is 14.8. The molecule has 1 heterocycles. The summed E-state index contributed by atoms with van der Waals surface area (Å²) >= 11 is 0. The predicted octanol–water partition coefficient (Wildman–Crippen LogP) is 2.56. The number of aromatic nitrogens is 2. The molecule has 0 saturated carbocycles. The third-order valence-electron chi connectivity index (χ3n) is 3.86. The van der Waals surface area contributed by atoms with Crippen LogP contribution in [0.25, 0.3) is 11.3 Å². The highest BCUT2D eigenvalue weighted by Gasteiger charge is 2.10. The zero-order chi connectivity index (χ0) is 19.2. The predicted molar refractivity (Wildman–Crippen MR) is 100 cm³/mol. The molecule has 0 atom stereocenters. The van der Waals surface area contributed by atoms with E-state index in [0.717, 1.165) is 17.0 Å². The van der Waals surface area contributed by atoms with E-state index in [0.29, 0.717) is 11.1 Å². The molecule has 2 aromatic carbocycles. The number of phenolic OH excluding ortho intramolecular Hbond substituents is 1. The molecule has 0 radical (unpaired) electrons. The molecule has 0 bridgehead atoms. The Morgan fingerprint density at radius 3 is 2.67 bits per heavy atom. The van der Waals surface area contributed by atoms with Gasteiger partial charge in [0.05, 0.1) is 32.3 Å². The summed E-state index contributed by atoms with van der Waals surface area (Å²) in [6, 6.07) is 11.8. The summed E-state index contributed by atoms with van der Waals surface area (Å²) in [5.41, 5.74) is 5.13. The standard InChI is InChI=1S/C19H18N4O4/c1-26-15-6-3-12(4-7-15)18-14(10-20-22-18)11-21-23-19(25)13-5-8-16(24)17(9-13)27-2/h3-11,24H,1-2H3,(H,20,22)(H,23,25)/b21-11-. The van der Waals surface area contributed by atoms with Crippen LogP contribution >= 0.6 is 0 Å². The summed E-state index contributed by atoms with van der Waals surface area (Å²) in [7, 11) is 3.02. The molecule has 0 unspecified atom stereocenters. The number of aromatic hydroxyl groups is 1. The largest absolute Gasteiger partial charge is 0.504 e. The molecule has 0 fully saturated rings. The van der Waals surface area contributed by atoms with Gasteiger partial charge in [0, 0.05) is 16.7 Å². The van der Waals surface area contributed by atoms with Crippen molar-refractivity contribution in [1.29, 1.82) is 0 Å². The van der Waals surface area contributed by atoms with E-state index >= 15 is 0 Å². The van der Waals surface area contributed by atoms with Gasteiger partial charge in [-0.05, 0) is 42.5 Å². The van der Waals surface area contributed by atoms with Crippen molar-refractivity contribution in [3.8, 4) is 28.5 Å². The molecule has 3 N–H and O–H groups in total. The van der Waals surface area contributed by atoms with E-state index in [1.807, 2.05) is 24.3 Å².